The summed E-state index contributed by atoms with van der Waals surface area (Å²) in [6.07, 6.45) is 0. The van der Waals surface area contributed by atoms with Crippen LogP contribution >= 0.6 is 27.5 Å². The maximum Gasteiger partial charge on any atom is 0.133 e. The molecule has 6 heteroatoms. The molecule has 16 heavy (non-hydrogen) atoms. The molecule has 84 valence electrons. The van der Waals surface area contributed by atoms with Gasteiger partial charge in [-0.3, -0.25) is 4.68 Å². The maximum absolute atomic E-state index is 13.7. The Morgan fingerprint density at radius 2 is 2.19 bits per heavy atom. The van der Waals surface area contributed by atoms with Crippen LogP contribution in [0, 0.1) is 5.82 Å². The van der Waals surface area contributed by atoms with Gasteiger partial charge >= 0.3 is 0 Å². The van der Waals surface area contributed by atoms with Gasteiger partial charge in [-0.1, -0.05) is 11.6 Å². The van der Waals surface area contributed by atoms with E-state index in [0.717, 1.165) is 0 Å². The van der Waals surface area contributed by atoms with Gasteiger partial charge in [0, 0.05) is 17.6 Å². The topological polar surface area (TPSA) is 43.8 Å². The van der Waals surface area contributed by atoms with Crippen LogP contribution < -0.4 is 5.73 Å². The Balaban J connectivity index is 2.68. The van der Waals surface area contributed by atoms with E-state index in [1.54, 1.807) is 13.1 Å². The molecule has 0 spiro atoms. The second kappa shape index (κ2) is 4.07. The number of hydrogen-bond donors (Lipinski definition) is 1. The van der Waals surface area contributed by atoms with E-state index < -0.39 is 5.82 Å². The number of nitrogen functional groups attached to an aromatic ring is 1. The summed E-state index contributed by atoms with van der Waals surface area (Å²) >= 11 is 9.14. The van der Waals surface area contributed by atoms with E-state index in [4.69, 9.17) is 17.3 Å². The minimum Gasteiger partial charge on any atom is -0.384 e. The average Bonchev–Trinajstić information content (AvgIpc) is 2.54. The van der Waals surface area contributed by atoms with Crippen molar-refractivity contribution in [2.24, 2.45) is 7.05 Å². The predicted octanol–water partition coefficient (Wildman–Crippen LogP) is 3.22. The van der Waals surface area contributed by atoms with E-state index in [2.05, 4.69) is 21.0 Å². The zero-order valence-corrected chi connectivity index (χ0v) is 10.7. The van der Waals surface area contributed by atoms with E-state index in [1.165, 1.54) is 16.8 Å². The standard InChI is InChI=1S/C10H8BrClFN3/c1-16-8(14)4-7(15-16)9-6(13)3-2-5(12)10(9)11/h2-4H,14H2,1H3. The lowest BCUT2D eigenvalue weighted by Gasteiger charge is -2.04. The zero-order chi connectivity index (χ0) is 11.9. The molecule has 0 aliphatic heterocycles. The van der Waals surface area contributed by atoms with Crippen LogP contribution in [0.4, 0.5) is 10.2 Å². The van der Waals surface area contributed by atoms with E-state index in [0.29, 0.717) is 26.6 Å². The second-order valence-corrected chi connectivity index (χ2v) is 4.50. The first-order valence-corrected chi connectivity index (χ1v) is 5.61. The molecule has 0 unspecified atom stereocenters. The minimum atomic E-state index is -0.394. The van der Waals surface area contributed by atoms with Crippen molar-refractivity contribution in [2.45, 2.75) is 0 Å². The minimum absolute atomic E-state index is 0.319. The molecule has 1 heterocycles. The fourth-order valence-electron chi connectivity index (χ4n) is 1.37. The van der Waals surface area contributed by atoms with Gasteiger partial charge < -0.3 is 5.73 Å². The lowest BCUT2D eigenvalue weighted by Crippen LogP contribution is -1.96. The van der Waals surface area contributed by atoms with Crippen molar-refractivity contribution in [2.75, 3.05) is 5.73 Å². The van der Waals surface area contributed by atoms with Crippen LogP contribution in [0.5, 0.6) is 0 Å². The molecular weight excluding hydrogens is 296 g/mol. The number of halogens is 3. The molecule has 2 N–H and O–H groups in total. The molecule has 0 saturated heterocycles. The fourth-order valence-corrected chi connectivity index (χ4v) is 2.05. The highest BCUT2D eigenvalue weighted by atomic mass is 79.9. The van der Waals surface area contributed by atoms with Gasteiger partial charge in [0.25, 0.3) is 0 Å². The molecule has 0 amide bonds. The van der Waals surface area contributed by atoms with E-state index >= 15 is 0 Å². The smallest absolute Gasteiger partial charge is 0.133 e. The van der Waals surface area contributed by atoms with Gasteiger partial charge in [-0.25, -0.2) is 4.39 Å². The number of aromatic nitrogens is 2. The van der Waals surface area contributed by atoms with E-state index in [-0.39, 0.29) is 0 Å². The highest BCUT2D eigenvalue weighted by Crippen LogP contribution is 2.35. The van der Waals surface area contributed by atoms with Gasteiger partial charge in [0.2, 0.25) is 0 Å². The summed E-state index contributed by atoms with van der Waals surface area (Å²) in [6.45, 7) is 0. The van der Waals surface area contributed by atoms with Crippen LogP contribution in [0.2, 0.25) is 5.02 Å². The van der Waals surface area contributed by atoms with Crippen molar-refractivity contribution < 1.29 is 4.39 Å². The van der Waals surface area contributed by atoms with Crippen molar-refractivity contribution in [1.82, 2.24) is 9.78 Å². The number of nitrogens with zero attached hydrogens (tertiary/aromatic N) is 2. The van der Waals surface area contributed by atoms with Gasteiger partial charge in [0.05, 0.1) is 16.3 Å². The zero-order valence-electron chi connectivity index (χ0n) is 8.34. The van der Waals surface area contributed by atoms with Gasteiger partial charge in [-0.2, -0.15) is 5.10 Å². The van der Waals surface area contributed by atoms with Gasteiger partial charge in [0.1, 0.15) is 11.6 Å². The molecule has 0 bridgehead atoms. The summed E-state index contributed by atoms with van der Waals surface area (Å²) in [6, 6.07) is 4.38. The van der Waals surface area contributed by atoms with Crippen molar-refractivity contribution >= 4 is 33.3 Å². The molecule has 0 radical (unpaired) electrons. The lowest BCUT2D eigenvalue weighted by atomic mass is 10.1. The highest BCUT2D eigenvalue weighted by Gasteiger charge is 2.15. The van der Waals surface area contributed by atoms with Gasteiger partial charge in [0.15, 0.2) is 0 Å². The first kappa shape index (κ1) is 11.4. The molecule has 0 aliphatic carbocycles. The van der Waals surface area contributed by atoms with Crippen molar-refractivity contribution in [3.8, 4) is 11.3 Å². The maximum atomic E-state index is 13.7. The molecule has 1 aromatic carbocycles. The summed E-state index contributed by atoms with van der Waals surface area (Å²) in [5, 5.41) is 4.54. The Bertz CT molecular complexity index is 534. The molecule has 3 nitrogen and oxygen atoms in total. The van der Waals surface area contributed by atoms with Gasteiger partial charge in [-0.15, -0.1) is 0 Å². The summed E-state index contributed by atoms with van der Waals surface area (Å²) in [7, 11) is 1.69. The third kappa shape index (κ3) is 1.81. The average molecular weight is 305 g/mol. The SMILES string of the molecule is Cn1nc(-c2c(F)ccc(Cl)c2Br)cc1N. The summed E-state index contributed by atoms with van der Waals surface area (Å²) in [5.74, 6) is 0.0654. The first-order valence-electron chi connectivity index (χ1n) is 4.44. The quantitative estimate of drug-likeness (QED) is 0.822. The van der Waals surface area contributed by atoms with E-state index in [1.807, 2.05) is 0 Å². The Morgan fingerprint density at radius 3 is 2.75 bits per heavy atom. The molecule has 1 aromatic heterocycles. The molecule has 2 aromatic rings. The van der Waals surface area contributed by atoms with Crippen LogP contribution in [0.15, 0.2) is 22.7 Å². The Kier molecular flexibility index (Phi) is 2.90. The number of nitrogens with two attached hydrogens (primary N) is 1. The van der Waals surface area contributed by atoms with E-state index in [9.17, 15) is 4.39 Å². The molecule has 0 atom stereocenters. The number of hydrogen-bond acceptors (Lipinski definition) is 2. The second-order valence-electron chi connectivity index (χ2n) is 3.30. The third-order valence-corrected chi connectivity index (χ3v) is 3.58. The van der Waals surface area contributed by atoms with Crippen molar-refractivity contribution in [1.29, 1.82) is 0 Å². The van der Waals surface area contributed by atoms with Crippen LogP contribution in [-0.2, 0) is 7.05 Å². The third-order valence-electron chi connectivity index (χ3n) is 2.22. The van der Waals surface area contributed by atoms with Crippen LogP contribution in [0.3, 0.4) is 0 Å². The summed E-state index contributed by atoms with van der Waals surface area (Å²) < 4.78 is 15.6. The van der Waals surface area contributed by atoms with Crippen LogP contribution in [0.25, 0.3) is 11.3 Å². The van der Waals surface area contributed by atoms with Crippen molar-refractivity contribution in [3.05, 3.63) is 33.5 Å². The molecule has 0 fully saturated rings. The molecule has 2 rings (SSSR count). The monoisotopic (exact) mass is 303 g/mol. The largest absolute Gasteiger partial charge is 0.384 e. The Labute approximate surface area is 105 Å². The first-order chi connectivity index (χ1) is 7.50. The number of anilines is 1. The highest BCUT2D eigenvalue weighted by molar-refractivity contribution is 9.10. The number of benzene rings is 1. The molecule has 0 aliphatic rings. The molecule has 0 saturated carbocycles. The summed E-state index contributed by atoms with van der Waals surface area (Å²) in [4.78, 5) is 0. The number of rotatable bonds is 1. The molecular formula is C10H8BrClFN3. The number of aryl methyl sites for hydroxylation is 1. The normalized spacial score (nSPS) is 10.8. The summed E-state index contributed by atoms with van der Waals surface area (Å²) in [5.41, 5.74) is 6.42. The van der Waals surface area contributed by atoms with Gasteiger partial charge in [-0.05, 0) is 28.1 Å². The Hall–Kier alpha value is -1.07. The lowest BCUT2D eigenvalue weighted by molar-refractivity contribution is 0.629. The predicted molar refractivity (Wildman–Crippen MR) is 65.7 cm³/mol. The van der Waals surface area contributed by atoms with Crippen molar-refractivity contribution in [3.63, 3.8) is 0 Å². The van der Waals surface area contributed by atoms with Crippen LogP contribution in [-0.4, -0.2) is 9.78 Å². The Morgan fingerprint density at radius 1 is 1.50 bits per heavy atom. The van der Waals surface area contributed by atoms with Crippen LogP contribution in [0.1, 0.15) is 0 Å². The fraction of sp³-hybridized carbons (Fsp3) is 0.100.